The van der Waals surface area contributed by atoms with Crippen LogP contribution in [0.4, 0.5) is 0 Å². The van der Waals surface area contributed by atoms with Gasteiger partial charge in [0.1, 0.15) is 5.75 Å². The van der Waals surface area contributed by atoms with Crippen LogP contribution in [-0.2, 0) is 6.42 Å². The fraction of sp³-hybridized carbons (Fsp3) is 0.625. The minimum Gasteiger partial charge on any atom is -0.493 e. The highest BCUT2D eigenvalue weighted by Gasteiger charge is 2.22. The molecule has 2 atom stereocenters. The van der Waals surface area contributed by atoms with Crippen molar-refractivity contribution >= 4 is 0 Å². The maximum Gasteiger partial charge on any atom is 0.122 e. The van der Waals surface area contributed by atoms with Crippen LogP contribution in [0.15, 0.2) is 18.2 Å². The summed E-state index contributed by atoms with van der Waals surface area (Å²) in [6.45, 7) is 5.30. The van der Waals surface area contributed by atoms with Crippen molar-refractivity contribution < 1.29 is 4.74 Å². The summed E-state index contributed by atoms with van der Waals surface area (Å²) in [5.41, 5.74) is 5.65. The molecule has 0 bridgehead atoms. The van der Waals surface area contributed by atoms with Gasteiger partial charge in [-0.2, -0.15) is 0 Å². The van der Waals surface area contributed by atoms with E-state index in [-0.39, 0.29) is 6.04 Å². The lowest BCUT2D eigenvalue weighted by molar-refractivity contribution is 0.326. The van der Waals surface area contributed by atoms with Crippen molar-refractivity contribution in [3.05, 3.63) is 29.3 Å². The molecule has 1 aliphatic rings. The van der Waals surface area contributed by atoms with Crippen LogP contribution >= 0.6 is 0 Å². The van der Waals surface area contributed by atoms with Gasteiger partial charge in [-0.1, -0.05) is 45.2 Å². The SMILES string of the molecule is CCCCC(CC)C(NN)c1ccc2c(c1)CCO2. The van der Waals surface area contributed by atoms with Crippen LogP contribution in [0.2, 0.25) is 0 Å². The van der Waals surface area contributed by atoms with Gasteiger partial charge < -0.3 is 4.74 Å². The Labute approximate surface area is 116 Å². The summed E-state index contributed by atoms with van der Waals surface area (Å²) in [5, 5.41) is 0. The monoisotopic (exact) mass is 262 g/mol. The first-order chi connectivity index (χ1) is 9.30. The molecular formula is C16H26N2O. The Morgan fingerprint density at radius 3 is 2.89 bits per heavy atom. The second-order valence-electron chi connectivity index (χ2n) is 5.42. The minimum atomic E-state index is 0.252. The molecule has 106 valence electrons. The van der Waals surface area contributed by atoms with Gasteiger partial charge in [0, 0.05) is 12.5 Å². The molecule has 2 unspecified atom stereocenters. The number of hydrogen-bond donors (Lipinski definition) is 2. The Morgan fingerprint density at radius 2 is 2.21 bits per heavy atom. The summed E-state index contributed by atoms with van der Waals surface area (Å²) in [4.78, 5) is 0. The van der Waals surface area contributed by atoms with Gasteiger partial charge in [0.2, 0.25) is 0 Å². The zero-order chi connectivity index (χ0) is 13.7. The summed E-state index contributed by atoms with van der Waals surface area (Å²) >= 11 is 0. The second-order valence-corrected chi connectivity index (χ2v) is 5.42. The molecule has 0 saturated heterocycles. The smallest absolute Gasteiger partial charge is 0.122 e. The summed E-state index contributed by atoms with van der Waals surface area (Å²) in [6.07, 6.45) is 5.92. The molecule has 0 amide bonds. The fourth-order valence-electron chi connectivity index (χ4n) is 2.98. The lowest BCUT2D eigenvalue weighted by atomic mass is 9.86. The molecule has 3 heteroatoms. The van der Waals surface area contributed by atoms with Crippen molar-refractivity contribution in [1.29, 1.82) is 0 Å². The number of nitrogens with one attached hydrogen (secondary N) is 1. The number of rotatable bonds is 7. The fourth-order valence-corrected chi connectivity index (χ4v) is 2.98. The molecule has 3 nitrogen and oxygen atoms in total. The van der Waals surface area contributed by atoms with E-state index in [4.69, 9.17) is 10.6 Å². The Balaban J connectivity index is 2.15. The van der Waals surface area contributed by atoms with Crippen LogP contribution in [0, 0.1) is 5.92 Å². The number of ether oxygens (including phenoxy) is 1. The standard InChI is InChI=1S/C16H26N2O/c1-3-5-6-12(4-2)16(18-17)14-7-8-15-13(11-14)9-10-19-15/h7-8,11-12,16,18H,3-6,9-10,17H2,1-2H3. The van der Waals surface area contributed by atoms with E-state index < -0.39 is 0 Å². The summed E-state index contributed by atoms with van der Waals surface area (Å²) in [7, 11) is 0. The van der Waals surface area contributed by atoms with Crippen LogP contribution in [-0.4, -0.2) is 6.61 Å². The zero-order valence-corrected chi connectivity index (χ0v) is 12.1. The van der Waals surface area contributed by atoms with Crippen LogP contribution in [0.25, 0.3) is 0 Å². The first kappa shape index (κ1) is 14.4. The number of hydrogen-bond acceptors (Lipinski definition) is 3. The molecule has 0 spiro atoms. The Kier molecular flexibility index (Phi) is 5.23. The van der Waals surface area contributed by atoms with E-state index in [2.05, 4.69) is 37.5 Å². The summed E-state index contributed by atoms with van der Waals surface area (Å²) in [6, 6.07) is 6.77. The maximum absolute atomic E-state index is 5.82. The van der Waals surface area contributed by atoms with Crippen molar-refractivity contribution in [2.24, 2.45) is 11.8 Å². The molecule has 0 aliphatic carbocycles. The largest absolute Gasteiger partial charge is 0.493 e. The Bertz CT molecular complexity index is 406. The Hall–Kier alpha value is -1.06. The predicted octanol–water partition coefficient (Wildman–Crippen LogP) is 3.34. The van der Waals surface area contributed by atoms with Crippen molar-refractivity contribution in [2.45, 2.75) is 52.0 Å². The van der Waals surface area contributed by atoms with Crippen LogP contribution in [0.1, 0.15) is 56.7 Å². The summed E-state index contributed by atoms with van der Waals surface area (Å²) < 4.78 is 5.57. The van der Waals surface area contributed by atoms with Gasteiger partial charge in [-0.3, -0.25) is 11.3 Å². The van der Waals surface area contributed by atoms with Gasteiger partial charge in [0.25, 0.3) is 0 Å². The zero-order valence-electron chi connectivity index (χ0n) is 12.1. The number of fused-ring (bicyclic) bond motifs is 1. The van der Waals surface area contributed by atoms with E-state index in [0.717, 1.165) is 25.2 Å². The van der Waals surface area contributed by atoms with Crippen LogP contribution in [0.5, 0.6) is 5.75 Å². The van der Waals surface area contributed by atoms with E-state index >= 15 is 0 Å². The van der Waals surface area contributed by atoms with Crippen molar-refractivity contribution in [2.75, 3.05) is 6.61 Å². The van der Waals surface area contributed by atoms with E-state index in [1.165, 1.54) is 30.4 Å². The number of nitrogens with two attached hydrogens (primary N) is 1. The first-order valence-electron chi connectivity index (χ1n) is 7.51. The Morgan fingerprint density at radius 1 is 1.37 bits per heavy atom. The minimum absolute atomic E-state index is 0.252. The van der Waals surface area contributed by atoms with Gasteiger partial charge in [0.05, 0.1) is 6.61 Å². The summed E-state index contributed by atoms with van der Waals surface area (Å²) in [5.74, 6) is 7.46. The lowest BCUT2D eigenvalue weighted by Crippen LogP contribution is -2.33. The van der Waals surface area contributed by atoms with Crippen molar-refractivity contribution in [3.63, 3.8) is 0 Å². The molecule has 19 heavy (non-hydrogen) atoms. The predicted molar refractivity (Wildman–Crippen MR) is 79.0 cm³/mol. The normalized spacial score (nSPS) is 16.8. The second kappa shape index (κ2) is 6.92. The number of unbranched alkanes of at least 4 members (excludes halogenated alkanes) is 1. The van der Waals surface area contributed by atoms with E-state index in [1.807, 2.05) is 0 Å². The van der Waals surface area contributed by atoms with Gasteiger partial charge in [-0.05, 0) is 29.5 Å². The number of benzene rings is 1. The molecule has 0 radical (unpaired) electrons. The highest BCUT2D eigenvalue weighted by atomic mass is 16.5. The average Bonchev–Trinajstić information content (AvgIpc) is 2.90. The quantitative estimate of drug-likeness (QED) is 0.585. The van der Waals surface area contributed by atoms with Gasteiger partial charge in [-0.25, -0.2) is 0 Å². The van der Waals surface area contributed by atoms with Crippen molar-refractivity contribution in [1.82, 2.24) is 5.43 Å². The van der Waals surface area contributed by atoms with E-state index in [1.54, 1.807) is 0 Å². The van der Waals surface area contributed by atoms with Gasteiger partial charge >= 0.3 is 0 Å². The molecule has 1 aromatic rings. The van der Waals surface area contributed by atoms with E-state index in [9.17, 15) is 0 Å². The van der Waals surface area contributed by atoms with Crippen LogP contribution in [0.3, 0.4) is 0 Å². The molecule has 0 saturated carbocycles. The molecule has 3 N–H and O–H groups in total. The first-order valence-corrected chi connectivity index (χ1v) is 7.51. The third-order valence-electron chi connectivity index (χ3n) is 4.18. The van der Waals surface area contributed by atoms with Gasteiger partial charge in [-0.15, -0.1) is 0 Å². The van der Waals surface area contributed by atoms with Crippen molar-refractivity contribution in [3.8, 4) is 5.75 Å². The van der Waals surface area contributed by atoms with Crippen LogP contribution < -0.4 is 16.0 Å². The molecule has 1 aliphatic heterocycles. The molecule has 1 heterocycles. The maximum atomic E-state index is 5.82. The molecule has 0 aromatic heterocycles. The topological polar surface area (TPSA) is 47.3 Å². The third kappa shape index (κ3) is 3.28. The average molecular weight is 262 g/mol. The number of hydrazine groups is 1. The lowest BCUT2D eigenvalue weighted by Gasteiger charge is -2.26. The highest BCUT2D eigenvalue weighted by Crippen LogP contribution is 2.33. The molecule has 1 aromatic carbocycles. The third-order valence-corrected chi connectivity index (χ3v) is 4.18. The molecule has 0 fully saturated rings. The van der Waals surface area contributed by atoms with E-state index in [0.29, 0.717) is 5.92 Å². The molecular weight excluding hydrogens is 236 g/mol. The van der Waals surface area contributed by atoms with Gasteiger partial charge in [0.15, 0.2) is 0 Å². The molecule has 2 rings (SSSR count). The highest BCUT2D eigenvalue weighted by molar-refractivity contribution is 5.40.